The Morgan fingerprint density at radius 2 is 1.74 bits per heavy atom. The van der Waals surface area contributed by atoms with Crippen LogP contribution in [0.25, 0.3) is 0 Å². The van der Waals surface area contributed by atoms with E-state index >= 15 is 0 Å². The summed E-state index contributed by atoms with van der Waals surface area (Å²) in [5.74, 6) is 2.72. The van der Waals surface area contributed by atoms with E-state index in [4.69, 9.17) is 0 Å². The summed E-state index contributed by atoms with van der Waals surface area (Å²) in [5, 5.41) is 6.81. The molecular formula is C15H28N4. The van der Waals surface area contributed by atoms with E-state index in [1.54, 1.807) is 0 Å². The molecule has 1 atom stereocenters. The third kappa shape index (κ3) is 5.05. The lowest BCUT2D eigenvalue weighted by Crippen LogP contribution is -2.18. The largest absolute Gasteiger partial charge is 0.370 e. The maximum atomic E-state index is 4.52. The summed E-state index contributed by atoms with van der Waals surface area (Å²) in [6.07, 6.45) is 5.03. The van der Waals surface area contributed by atoms with Crippen molar-refractivity contribution >= 4 is 11.6 Å². The fourth-order valence-electron chi connectivity index (χ4n) is 2.11. The lowest BCUT2D eigenvalue weighted by molar-refractivity contribution is 0.613. The molecule has 2 N–H and O–H groups in total. The Kier molecular flexibility index (Phi) is 6.60. The first-order valence-electron chi connectivity index (χ1n) is 7.44. The second kappa shape index (κ2) is 7.97. The SMILES string of the molecule is CCCCCC(C)Nc1nc(C)nc(NCC)c1C. The molecule has 1 rings (SSSR count). The quantitative estimate of drug-likeness (QED) is 0.699. The number of anilines is 2. The number of unbranched alkanes of at least 4 members (excludes halogenated alkanes) is 2. The minimum absolute atomic E-state index is 0.453. The van der Waals surface area contributed by atoms with Gasteiger partial charge in [0.15, 0.2) is 0 Å². The van der Waals surface area contributed by atoms with Crippen molar-refractivity contribution in [2.45, 2.75) is 66.3 Å². The van der Waals surface area contributed by atoms with Crippen molar-refractivity contribution in [2.24, 2.45) is 0 Å². The number of aromatic nitrogens is 2. The zero-order valence-electron chi connectivity index (χ0n) is 13.0. The van der Waals surface area contributed by atoms with Crippen LogP contribution in [0.15, 0.2) is 0 Å². The molecule has 1 unspecified atom stereocenters. The topological polar surface area (TPSA) is 49.8 Å². The van der Waals surface area contributed by atoms with Crippen LogP contribution in [0.2, 0.25) is 0 Å². The summed E-state index contributed by atoms with van der Waals surface area (Å²) in [6.45, 7) is 11.4. The van der Waals surface area contributed by atoms with Gasteiger partial charge in [0.05, 0.1) is 0 Å². The molecule has 0 saturated heterocycles. The van der Waals surface area contributed by atoms with Crippen molar-refractivity contribution in [3.8, 4) is 0 Å². The molecule has 0 aromatic carbocycles. The van der Waals surface area contributed by atoms with Gasteiger partial charge in [0.25, 0.3) is 0 Å². The fourth-order valence-corrected chi connectivity index (χ4v) is 2.11. The first kappa shape index (κ1) is 15.7. The third-order valence-corrected chi connectivity index (χ3v) is 3.23. The molecule has 0 aliphatic carbocycles. The van der Waals surface area contributed by atoms with E-state index in [-0.39, 0.29) is 0 Å². The molecule has 0 spiro atoms. The zero-order valence-corrected chi connectivity index (χ0v) is 13.0. The molecule has 0 aliphatic heterocycles. The molecule has 0 saturated carbocycles. The van der Waals surface area contributed by atoms with Gasteiger partial charge in [-0.3, -0.25) is 0 Å². The predicted octanol–water partition coefficient (Wildman–Crippen LogP) is 3.91. The van der Waals surface area contributed by atoms with Crippen molar-refractivity contribution < 1.29 is 0 Å². The summed E-state index contributed by atoms with van der Waals surface area (Å²) in [7, 11) is 0. The number of nitrogens with one attached hydrogen (secondary N) is 2. The van der Waals surface area contributed by atoms with Crippen LogP contribution in [0.4, 0.5) is 11.6 Å². The Labute approximate surface area is 117 Å². The molecule has 4 heteroatoms. The summed E-state index contributed by atoms with van der Waals surface area (Å²) in [4.78, 5) is 8.97. The van der Waals surface area contributed by atoms with Crippen molar-refractivity contribution in [1.29, 1.82) is 0 Å². The van der Waals surface area contributed by atoms with E-state index in [1.807, 2.05) is 6.92 Å². The van der Waals surface area contributed by atoms with Gasteiger partial charge in [0.1, 0.15) is 17.5 Å². The average molecular weight is 264 g/mol. The second-order valence-corrected chi connectivity index (χ2v) is 5.16. The molecule has 108 valence electrons. The van der Waals surface area contributed by atoms with Gasteiger partial charge in [0, 0.05) is 18.2 Å². The smallest absolute Gasteiger partial charge is 0.134 e. The van der Waals surface area contributed by atoms with Crippen LogP contribution < -0.4 is 10.6 Å². The standard InChI is InChI=1S/C15H28N4/c1-6-8-9-10-11(3)17-15-12(4)14(16-7-2)18-13(5)19-15/h11H,6-10H2,1-5H3,(H2,16,17,18,19). The maximum absolute atomic E-state index is 4.52. The molecule has 19 heavy (non-hydrogen) atoms. The lowest BCUT2D eigenvalue weighted by atomic mass is 10.1. The van der Waals surface area contributed by atoms with Gasteiger partial charge in [-0.15, -0.1) is 0 Å². The first-order chi connectivity index (χ1) is 9.08. The van der Waals surface area contributed by atoms with Gasteiger partial charge >= 0.3 is 0 Å². The minimum Gasteiger partial charge on any atom is -0.370 e. The fraction of sp³-hybridized carbons (Fsp3) is 0.733. The minimum atomic E-state index is 0.453. The van der Waals surface area contributed by atoms with E-state index < -0.39 is 0 Å². The molecular weight excluding hydrogens is 236 g/mol. The molecule has 1 aromatic rings. The van der Waals surface area contributed by atoms with Crippen LogP contribution in [-0.2, 0) is 0 Å². The zero-order chi connectivity index (χ0) is 14.3. The van der Waals surface area contributed by atoms with Crippen LogP contribution in [0.3, 0.4) is 0 Å². The van der Waals surface area contributed by atoms with Crippen LogP contribution in [-0.4, -0.2) is 22.6 Å². The van der Waals surface area contributed by atoms with Crippen LogP contribution in [0, 0.1) is 13.8 Å². The van der Waals surface area contributed by atoms with Gasteiger partial charge < -0.3 is 10.6 Å². The Hall–Kier alpha value is -1.32. The monoisotopic (exact) mass is 264 g/mol. The van der Waals surface area contributed by atoms with E-state index in [1.165, 1.54) is 25.7 Å². The highest BCUT2D eigenvalue weighted by atomic mass is 15.1. The second-order valence-electron chi connectivity index (χ2n) is 5.16. The maximum Gasteiger partial charge on any atom is 0.134 e. The Morgan fingerprint density at radius 3 is 2.37 bits per heavy atom. The number of aryl methyl sites for hydroxylation is 1. The van der Waals surface area contributed by atoms with Gasteiger partial charge in [0.2, 0.25) is 0 Å². The van der Waals surface area contributed by atoms with E-state index in [9.17, 15) is 0 Å². The molecule has 0 amide bonds. The van der Waals surface area contributed by atoms with E-state index in [2.05, 4.69) is 48.3 Å². The molecule has 4 nitrogen and oxygen atoms in total. The molecule has 0 aliphatic rings. The van der Waals surface area contributed by atoms with Crippen LogP contribution in [0.1, 0.15) is 57.8 Å². The number of nitrogens with zero attached hydrogens (tertiary/aromatic N) is 2. The van der Waals surface area contributed by atoms with Crippen LogP contribution in [0.5, 0.6) is 0 Å². The summed E-state index contributed by atoms with van der Waals surface area (Å²) < 4.78 is 0. The predicted molar refractivity (Wildman–Crippen MR) is 82.9 cm³/mol. The van der Waals surface area contributed by atoms with E-state index in [0.717, 1.165) is 29.6 Å². The van der Waals surface area contributed by atoms with Gasteiger partial charge in [-0.2, -0.15) is 0 Å². The van der Waals surface area contributed by atoms with Gasteiger partial charge in [-0.25, -0.2) is 9.97 Å². The summed E-state index contributed by atoms with van der Waals surface area (Å²) >= 11 is 0. The average Bonchev–Trinajstić information content (AvgIpc) is 2.35. The first-order valence-corrected chi connectivity index (χ1v) is 7.44. The number of rotatable bonds is 8. The number of hydrogen-bond acceptors (Lipinski definition) is 4. The Morgan fingerprint density at radius 1 is 1.05 bits per heavy atom. The van der Waals surface area contributed by atoms with Gasteiger partial charge in [-0.05, 0) is 34.1 Å². The third-order valence-electron chi connectivity index (χ3n) is 3.23. The molecule has 0 fully saturated rings. The number of hydrogen-bond donors (Lipinski definition) is 2. The molecule has 0 radical (unpaired) electrons. The molecule has 0 bridgehead atoms. The van der Waals surface area contributed by atoms with Crippen LogP contribution >= 0.6 is 0 Å². The highest BCUT2D eigenvalue weighted by molar-refractivity contribution is 5.57. The molecule has 1 heterocycles. The summed E-state index contributed by atoms with van der Waals surface area (Å²) in [5.41, 5.74) is 1.11. The Bertz CT molecular complexity index is 390. The van der Waals surface area contributed by atoms with Crippen molar-refractivity contribution in [1.82, 2.24) is 9.97 Å². The normalized spacial score (nSPS) is 12.3. The van der Waals surface area contributed by atoms with Crippen molar-refractivity contribution in [2.75, 3.05) is 17.2 Å². The van der Waals surface area contributed by atoms with Crippen molar-refractivity contribution in [3.05, 3.63) is 11.4 Å². The molecule has 1 aromatic heterocycles. The van der Waals surface area contributed by atoms with Crippen molar-refractivity contribution in [3.63, 3.8) is 0 Å². The summed E-state index contributed by atoms with van der Waals surface area (Å²) in [6, 6.07) is 0.453. The van der Waals surface area contributed by atoms with E-state index in [0.29, 0.717) is 6.04 Å². The highest BCUT2D eigenvalue weighted by Crippen LogP contribution is 2.21. The lowest BCUT2D eigenvalue weighted by Gasteiger charge is -2.18. The Balaban J connectivity index is 2.71. The highest BCUT2D eigenvalue weighted by Gasteiger charge is 2.10. The van der Waals surface area contributed by atoms with Gasteiger partial charge in [-0.1, -0.05) is 26.2 Å².